The molecule has 0 heterocycles. The molecule has 3 rings (SSSR count). The average molecular weight is 499 g/mol. The Kier molecular flexibility index (Phi) is 7.06. The third-order valence-corrected chi connectivity index (χ3v) is 5.77. The summed E-state index contributed by atoms with van der Waals surface area (Å²) in [6.45, 7) is 0. The maximum atomic E-state index is 12.4. The highest BCUT2D eigenvalue weighted by molar-refractivity contribution is 14.1. The van der Waals surface area contributed by atoms with E-state index >= 15 is 0 Å². The molecule has 0 aliphatic carbocycles. The highest BCUT2D eigenvalue weighted by Gasteiger charge is 2.10. The van der Waals surface area contributed by atoms with Crippen LogP contribution in [0.3, 0.4) is 0 Å². The third-order valence-electron chi connectivity index (χ3n) is 4.09. The van der Waals surface area contributed by atoms with Gasteiger partial charge < -0.3 is 5.32 Å². The van der Waals surface area contributed by atoms with E-state index in [1.165, 1.54) is 4.90 Å². The second-order valence-corrected chi connectivity index (χ2v) is 8.02. The van der Waals surface area contributed by atoms with Crippen molar-refractivity contribution in [1.29, 1.82) is 0 Å². The van der Waals surface area contributed by atoms with Gasteiger partial charge in [-0.2, -0.15) is 0 Å². The van der Waals surface area contributed by atoms with Crippen molar-refractivity contribution >= 4 is 57.8 Å². The summed E-state index contributed by atoms with van der Waals surface area (Å²) in [7, 11) is 0. The van der Waals surface area contributed by atoms with E-state index in [0.717, 1.165) is 9.13 Å². The smallest absolute Gasteiger partial charge is 0.256 e. The van der Waals surface area contributed by atoms with Gasteiger partial charge in [0.25, 0.3) is 5.91 Å². The number of ketones is 1. The molecule has 3 aromatic rings. The maximum absolute atomic E-state index is 12.4. The Balaban J connectivity index is 1.64. The van der Waals surface area contributed by atoms with Crippen molar-refractivity contribution in [2.24, 2.45) is 0 Å². The summed E-state index contributed by atoms with van der Waals surface area (Å²) < 4.78 is 0.889. The number of halogens is 1. The molecule has 0 aromatic heterocycles. The van der Waals surface area contributed by atoms with Crippen LogP contribution in [0.5, 0.6) is 0 Å². The van der Waals surface area contributed by atoms with E-state index in [9.17, 15) is 9.59 Å². The summed E-state index contributed by atoms with van der Waals surface area (Å²) >= 11 is 3.82. The third kappa shape index (κ3) is 5.33. The van der Waals surface area contributed by atoms with Gasteiger partial charge >= 0.3 is 0 Å². The van der Waals surface area contributed by atoms with Crippen molar-refractivity contribution in [3.63, 3.8) is 0 Å². The molecule has 28 heavy (non-hydrogen) atoms. The van der Waals surface area contributed by atoms with Crippen LogP contribution in [0.25, 0.3) is 6.08 Å². The molecule has 0 unspecified atom stereocenters. The van der Waals surface area contributed by atoms with E-state index in [2.05, 4.69) is 27.9 Å². The minimum Gasteiger partial charge on any atom is -0.322 e. The van der Waals surface area contributed by atoms with E-state index in [1.807, 2.05) is 48.7 Å². The van der Waals surface area contributed by atoms with E-state index in [1.54, 1.807) is 54.2 Å². The highest BCUT2D eigenvalue weighted by Crippen LogP contribution is 2.17. The zero-order valence-electron chi connectivity index (χ0n) is 15.2. The number of hydrogen-bond acceptors (Lipinski definition) is 3. The number of nitrogens with one attached hydrogen (secondary N) is 1. The lowest BCUT2D eigenvalue weighted by Gasteiger charge is -2.07. The first-order valence-corrected chi connectivity index (χ1v) is 10.9. The summed E-state index contributed by atoms with van der Waals surface area (Å²) in [5.41, 5.74) is 2.83. The molecule has 0 saturated carbocycles. The second kappa shape index (κ2) is 9.71. The molecule has 0 saturated heterocycles. The monoisotopic (exact) mass is 499 g/mol. The number of benzene rings is 3. The Morgan fingerprint density at radius 2 is 1.61 bits per heavy atom. The van der Waals surface area contributed by atoms with Crippen molar-refractivity contribution in [3.05, 3.63) is 99.1 Å². The molecule has 0 bridgehead atoms. The van der Waals surface area contributed by atoms with Crippen LogP contribution >= 0.6 is 34.4 Å². The molecule has 3 nitrogen and oxygen atoms in total. The second-order valence-electron chi connectivity index (χ2n) is 5.98. The topological polar surface area (TPSA) is 46.2 Å². The lowest BCUT2D eigenvalue weighted by molar-refractivity contribution is 0.102. The van der Waals surface area contributed by atoms with Gasteiger partial charge in [0.05, 0.1) is 5.56 Å². The van der Waals surface area contributed by atoms with Crippen molar-refractivity contribution in [1.82, 2.24) is 0 Å². The van der Waals surface area contributed by atoms with Crippen LogP contribution in [-0.2, 0) is 0 Å². The first kappa shape index (κ1) is 20.4. The summed E-state index contributed by atoms with van der Waals surface area (Å²) in [6.07, 6.45) is 5.40. The van der Waals surface area contributed by atoms with Gasteiger partial charge in [0.1, 0.15) is 0 Å². The number of thioether (sulfide) groups is 1. The first-order valence-electron chi connectivity index (χ1n) is 8.59. The van der Waals surface area contributed by atoms with Crippen LogP contribution in [0.2, 0.25) is 0 Å². The van der Waals surface area contributed by atoms with E-state index < -0.39 is 0 Å². The number of carbonyl (C=O) groups is 2. The Morgan fingerprint density at radius 3 is 2.25 bits per heavy atom. The molecule has 140 valence electrons. The lowest BCUT2D eigenvalue weighted by atomic mass is 10.1. The van der Waals surface area contributed by atoms with Gasteiger partial charge in [-0.3, -0.25) is 9.59 Å². The van der Waals surface area contributed by atoms with Crippen molar-refractivity contribution < 1.29 is 9.59 Å². The SMILES string of the molecule is CSc1ccc(/C=C/C(=O)c2ccc(NC(=O)c3ccccc3I)cc2)cc1. The normalized spacial score (nSPS) is 10.8. The van der Waals surface area contributed by atoms with E-state index in [4.69, 9.17) is 0 Å². The van der Waals surface area contributed by atoms with Crippen molar-refractivity contribution in [3.8, 4) is 0 Å². The Labute approximate surface area is 182 Å². The summed E-state index contributed by atoms with van der Waals surface area (Å²) in [4.78, 5) is 25.9. The quantitative estimate of drug-likeness (QED) is 0.191. The molecule has 0 atom stereocenters. The van der Waals surface area contributed by atoms with Crippen LogP contribution in [0.4, 0.5) is 5.69 Å². The standard InChI is InChI=1S/C23H18INO2S/c1-28-19-13-6-16(7-14-19)8-15-22(26)17-9-11-18(12-10-17)25-23(27)20-4-2-3-5-21(20)24/h2-15H,1H3,(H,25,27)/b15-8+. The first-order chi connectivity index (χ1) is 13.6. The number of allylic oxidation sites excluding steroid dienone is 1. The molecular weight excluding hydrogens is 481 g/mol. The molecule has 0 spiro atoms. The predicted molar refractivity (Wildman–Crippen MR) is 125 cm³/mol. The van der Waals surface area contributed by atoms with Crippen molar-refractivity contribution in [2.75, 3.05) is 11.6 Å². The summed E-state index contributed by atoms with van der Waals surface area (Å²) in [5.74, 6) is -0.248. The zero-order valence-corrected chi connectivity index (χ0v) is 18.2. The van der Waals surface area contributed by atoms with Crippen LogP contribution in [0.15, 0.2) is 83.8 Å². The van der Waals surface area contributed by atoms with Crippen LogP contribution in [0, 0.1) is 3.57 Å². The highest BCUT2D eigenvalue weighted by atomic mass is 127. The van der Waals surface area contributed by atoms with Crippen LogP contribution < -0.4 is 5.32 Å². The number of carbonyl (C=O) groups excluding carboxylic acids is 2. The largest absolute Gasteiger partial charge is 0.322 e. The van der Waals surface area contributed by atoms with Crippen molar-refractivity contribution in [2.45, 2.75) is 4.90 Å². The van der Waals surface area contributed by atoms with Crippen LogP contribution in [-0.4, -0.2) is 17.9 Å². The fourth-order valence-electron chi connectivity index (χ4n) is 2.54. The summed E-state index contributed by atoms with van der Waals surface area (Å²) in [5, 5.41) is 2.86. The molecule has 0 fully saturated rings. The maximum Gasteiger partial charge on any atom is 0.256 e. The Bertz CT molecular complexity index is 1010. The van der Waals surface area contributed by atoms with Gasteiger partial charge in [0.2, 0.25) is 0 Å². The van der Waals surface area contributed by atoms with E-state index in [-0.39, 0.29) is 11.7 Å². The molecule has 0 radical (unpaired) electrons. The minimum atomic E-state index is -0.169. The number of hydrogen-bond donors (Lipinski definition) is 1. The minimum absolute atomic E-state index is 0.0792. The molecule has 1 N–H and O–H groups in total. The molecule has 1 amide bonds. The number of rotatable bonds is 6. The lowest BCUT2D eigenvalue weighted by Crippen LogP contribution is -2.13. The van der Waals surface area contributed by atoms with Gasteiger partial charge in [-0.1, -0.05) is 30.3 Å². The van der Waals surface area contributed by atoms with Gasteiger partial charge in [0, 0.05) is 19.7 Å². The molecule has 5 heteroatoms. The zero-order chi connectivity index (χ0) is 19.9. The van der Waals surface area contributed by atoms with Gasteiger partial charge in [-0.05, 0) is 89.0 Å². The van der Waals surface area contributed by atoms with Crippen LogP contribution in [0.1, 0.15) is 26.3 Å². The Hall–Kier alpha value is -2.38. The average Bonchev–Trinajstić information content (AvgIpc) is 2.73. The van der Waals surface area contributed by atoms with Gasteiger partial charge in [-0.15, -0.1) is 11.8 Å². The molecular formula is C23H18INO2S. The fraction of sp³-hybridized carbons (Fsp3) is 0.0435. The molecule has 0 aliphatic rings. The predicted octanol–water partition coefficient (Wildman–Crippen LogP) is 6.16. The molecule has 3 aromatic carbocycles. The molecule has 0 aliphatic heterocycles. The van der Waals surface area contributed by atoms with E-state index in [0.29, 0.717) is 16.8 Å². The van der Waals surface area contributed by atoms with Gasteiger partial charge in [-0.25, -0.2) is 0 Å². The fourth-order valence-corrected chi connectivity index (χ4v) is 3.59. The Morgan fingerprint density at radius 1 is 0.929 bits per heavy atom. The number of amides is 1. The summed E-state index contributed by atoms with van der Waals surface area (Å²) in [6, 6.07) is 22.3. The van der Waals surface area contributed by atoms with Gasteiger partial charge in [0.15, 0.2) is 5.78 Å². The number of anilines is 1.